The molecule has 0 aliphatic carbocycles. The number of amides is 1. The summed E-state index contributed by atoms with van der Waals surface area (Å²) in [6.07, 6.45) is 1.47. The molecule has 1 aliphatic rings. The first-order valence-corrected chi connectivity index (χ1v) is 14.3. The van der Waals surface area contributed by atoms with E-state index in [0.29, 0.717) is 41.2 Å². The molecule has 40 heavy (non-hydrogen) atoms. The molecule has 1 N–H and O–H groups in total. The Kier molecular flexibility index (Phi) is 6.93. The second-order valence-corrected chi connectivity index (χ2v) is 11.2. The van der Waals surface area contributed by atoms with Crippen LogP contribution < -0.4 is 14.5 Å². The Labute approximate surface area is 232 Å². The van der Waals surface area contributed by atoms with Gasteiger partial charge >= 0.3 is 0 Å². The van der Waals surface area contributed by atoms with Gasteiger partial charge in [-0.05, 0) is 42.0 Å². The molecule has 1 saturated heterocycles. The molecular formula is C30H26N6O3S. The Morgan fingerprint density at radius 2 is 1.60 bits per heavy atom. The molecule has 1 aliphatic heterocycles. The van der Waals surface area contributed by atoms with E-state index in [4.69, 9.17) is 4.98 Å². The standard InChI is InChI=1S/C30H26N6O3S/c37-28-20-35(16-17-36(28)24-11-5-2-6-12-24)30-29-27(31-21-32-30)15-14-26(34-29)23-10-7-13-25(18-23)40(38,39)33-19-22-8-3-1-4-9-22/h1-15,18,21,33H,16-17,19-20H2. The molecule has 10 heteroatoms. The summed E-state index contributed by atoms with van der Waals surface area (Å²) in [6, 6.07) is 29.3. The number of hydrogen-bond acceptors (Lipinski definition) is 7. The summed E-state index contributed by atoms with van der Waals surface area (Å²) in [7, 11) is -3.74. The first-order chi connectivity index (χ1) is 19.5. The number of carbonyl (C=O) groups is 1. The molecule has 0 bridgehead atoms. The summed E-state index contributed by atoms with van der Waals surface area (Å²) < 4.78 is 28.7. The molecular weight excluding hydrogens is 524 g/mol. The maximum absolute atomic E-state index is 13.0. The Hall–Kier alpha value is -4.67. The van der Waals surface area contributed by atoms with Gasteiger partial charge in [0.25, 0.3) is 0 Å². The minimum atomic E-state index is -3.74. The number of benzene rings is 3. The fraction of sp³-hybridized carbons (Fsp3) is 0.133. The van der Waals surface area contributed by atoms with Crippen molar-refractivity contribution in [1.82, 2.24) is 19.7 Å². The van der Waals surface area contributed by atoms with E-state index in [-0.39, 0.29) is 23.9 Å². The number of nitrogens with one attached hydrogen (secondary N) is 1. The predicted molar refractivity (Wildman–Crippen MR) is 154 cm³/mol. The number of piperazine rings is 1. The molecule has 2 aromatic heterocycles. The highest BCUT2D eigenvalue weighted by atomic mass is 32.2. The number of para-hydroxylation sites is 1. The van der Waals surface area contributed by atoms with E-state index in [9.17, 15) is 13.2 Å². The first kappa shape index (κ1) is 25.6. The predicted octanol–water partition coefficient (Wildman–Crippen LogP) is 4.02. The quantitative estimate of drug-likeness (QED) is 0.326. The van der Waals surface area contributed by atoms with Crippen molar-refractivity contribution in [3.05, 3.63) is 109 Å². The average Bonchev–Trinajstić information content (AvgIpc) is 3.00. The van der Waals surface area contributed by atoms with Crippen LogP contribution in [0, 0.1) is 0 Å². The summed E-state index contributed by atoms with van der Waals surface area (Å²) in [5.74, 6) is 0.544. The summed E-state index contributed by atoms with van der Waals surface area (Å²) in [6.45, 7) is 1.45. The normalized spacial score (nSPS) is 14.1. The van der Waals surface area contributed by atoms with Crippen molar-refractivity contribution in [2.24, 2.45) is 0 Å². The van der Waals surface area contributed by atoms with Gasteiger partial charge in [-0.3, -0.25) is 4.79 Å². The number of aromatic nitrogens is 3. The second kappa shape index (κ2) is 10.8. The molecule has 0 unspecified atom stereocenters. The highest BCUT2D eigenvalue weighted by Gasteiger charge is 2.27. The lowest BCUT2D eigenvalue weighted by atomic mass is 10.1. The molecule has 3 aromatic carbocycles. The molecule has 5 aromatic rings. The zero-order valence-corrected chi connectivity index (χ0v) is 22.3. The number of fused-ring (bicyclic) bond motifs is 1. The molecule has 3 heterocycles. The third-order valence-corrected chi connectivity index (χ3v) is 8.20. The van der Waals surface area contributed by atoms with Gasteiger partial charge in [0.15, 0.2) is 5.82 Å². The van der Waals surface area contributed by atoms with E-state index >= 15 is 0 Å². The van der Waals surface area contributed by atoms with Crippen LogP contribution in [-0.4, -0.2) is 48.9 Å². The van der Waals surface area contributed by atoms with Gasteiger partial charge in [0, 0.05) is 30.9 Å². The van der Waals surface area contributed by atoms with Crippen molar-refractivity contribution in [1.29, 1.82) is 0 Å². The number of sulfonamides is 1. The van der Waals surface area contributed by atoms with E-state index in [1.807, 2.05) is 77.7 Å². The van der Waals surface area contributed by atoms with Gasteiger partial charge in [-0.25, -0.2) is 28.1 Å². The lowest BCUT2D eigenvalue weighted by Crippen LogP contribution is -2.51. The van der Waals surface area contributed by atoms with Crippen LogP contribution in [0.2, 0.25) is 0 Å². The number of nitrogens with zero attached hydrogens (tertiary/aromatic N) is 5. The minimum Gasteiger partial charge on any atom is -0.344 e. The van der Waals surface area contributed by atoms with Crippen molar-refractivity contribution in [3.63, 3.8) is 0 Å². The van der Waals surface area contributed by atoms with E-state index in [1.165, 1.54) is 6.33 Å². The Morgan fingerprint density at radius 3 is 2.38 bits per heavy atom. The van der Waals surface area contributed by atoms with Crippen LogP contribution in [0.5, 0.6) is 0 Å². The van der Waals surface area contributed by atoms with Crippen molar-refractivity contribution in [2.45, 2.75) is 11.4 Å². The van der Waals surface area contributed by atoms with Gasteiger partial charge in [-0.2, -0.15) is 0 Å². The van der Waals surface area contributed by atoms with Crippen molar-refractivity contribution in [3.8, 4) is 11.3 Å². The van der Waals surface area contributed by atoms with E-state index in [2.05, 4.69) is 14.7 Å². The molecule has 9 nitrogen and oxygen atoms in total. The van der Waals surface area contributed by atoms with Gasteiger partial charge in [0.1, 0.15) is 11.8 Å². The van der Waals surface area contributed by atoms with Gasteiger partial charge in [-0.1, -0.05) is 60.7 Å². The molecule has 0 spiro atoms. The fourth-order valence-corrected chi connectivity index (χ4v) is 5.80. The number of carbonyl (C=O) groups excluding carboxylic acids is 1. The van der Waals surface area contributed by atoms with Crippen LogP contribution >= 0.6 is 0 Å². The van der Waals surface area contributed by atoms with Crippen LogP contribution in [-0.2, 0) is 21.4 Å². The van der Waals surface area contributed by atoms with Crippen LogP contribution in [0.3, 0.4) is 0 Å². The van der Waals surface area contributed by atoms with E-state index < -0.39 is 10.0 Å². The number of hydrogen-bond donors (Lipinski definition) is 1. The lowest BCUT2D eigenvalue weighted by Gasteiger charge is -2.35. The molecule has 0 radical (unpaired) electrons. The second-order valence-electron chi connectivity index (χ2n) is 9.40. The average molecular weight is 551 g/mol. The highest BCUT2D eigenvalue weighted by molar-refractivity contribution is 7.89. The van der Waals surface area contributed by atoms with Crippen LogP contribution in [0.25, 0.3) is 22.3 Å². The number of anilines is 2. The van der Waals surface area contributed by atoms with Crippen molar-refractivity contribution >= 4 is 38.5 Å². The molecule has 6 rings (SSSR count). The summed E-state index contributed by atoms with van der Waals surface area (Å²) >= 11 is 0. The van der Waals surface area contributed by atoms with Crippen molar-refractivity contribution < 1.29 is 13.2 Å². The third-order valence-electron chi connectivity index (χ3n) is 6.80. The van der Waals surface area contributed by atoms with Gasteiger partial charge in [0.2, 0.25) is 15.9 Å². The topological polar surface area (TPSA) is 108 Å². The van der Waals surface area contributed by atoms with E-state index in [1.54, 1.807) is 29.2 Å². The molecule has 0 atom stereocenters. The SMILES string of the molecule is O=C1CN(c2ncnc3ccc(-c4cccc(S(=O)(=O)NCc5ccccc5)c4)nc23)CCN1c1ccccc1. The summed E-state index contributed by atoms with van der Waals surface area (Å²) in [5, 5.41) is 0. The van der Waals surface area contributed by atoms with Crippen LogP contribution in [0.4, 0.5) is 11.5 Å². The Bertz CT molecular complexity index is 1780. The Morgan fingerprint density at radius 1 is 0.825 bits per heavy atom. The summed E-state index contributed by atoms with van der Waals surface area (Å²) in [4.78, 5) is 30.5. The molecule has 0 saturated carbocycles. The zero-order chi connectivity index (χ0) is 27.5. The zero-order valence-electron chi connectivity index (χ0n) is 21.5. The first-order valence-electron chi connectivity index (χ1n) is 12.8. The fourth-order valence-electron chi connectivity index (χ4n) is 4.73. The van der Waals surface area contributed by atoms with Crippen LogP contribution in [0.15, 0.2) is 108 Å². The number of pyridine rings is 1. The van der Waals surface area contributed by atoms with Gasteiger partial charge in [0.05, 0.1) is 22.7 Å². The summed E-state index contributed by atoms with van der Waals surface area (Å²) in [5.41, 5.74) is 4.15. The monoisotopic (exact) mass is 550 g/mol. The molecule has 200 valence electrons. The molecule has 1 amide bonds. The van der Waals surface area contributed by atoms with E-state index in [0.717, 1.165) is 11.3 Å². The largest absolute Gasteiger partial charge is 0.344 e. The molecule has 1 fully saturated rings. The maximum atomic E-state index is 13.0. The third kappa shape index (κ3) is 5.27. The lowest BCUT2D eigenvalue weighted by molar-refractivity contribution is -0.117. The smallest absolute Gasteiger partial charge is 0.246 e. The van der Waals surface area contributed by atoms with Crippen LogP contribution in [0.1, 0.15) is 5.56 Å². The highest BCUT2D eigenvalue weighted by Crippen LogP contribution is 2.28. The minimum absolute atomic E-state index is 0.0266. The van der Waals surface area contributed by atoms with Gasteiger partial charge in [-0.15, -0.1) is 0 Å². The van der Waals surface area contributed by atoms with Crippen molar-refractivity contribution in [2.75, 3.05) is 29.4 Å². The maximum Gasteiger partial charge on any atom is 0.246 e. The van der Waals surface area contributed by atoms with Gasteiger partial charge < -0.3 is 9.80 Å². The number of rotatable bonds is 7. The Balaban J connectivity index is 1.27.